The van der Waals surface area contributed by atoms with Crippen LogP contribution in [0.5, 0.6) is 0 Å². The summed E-state index contributed by atoms with van der Waals surface area (Å²) in [7, 11) is 0. The van der Waals surface area contributed by atoms with Gasteiger partial charge in [-0.1, -0.05) is 76.3 Å². The lowest BCUT2D eigenvalue weighted by molar-refractivity contribution is -0.129. The first-order chi connectivity index (χ1) is 11.4. The third kappa shape index (κ3) is 13.1. The van der Waals surface area contributed by atoms with E-state index in [9.17, 15) is 4.79 Å². The summed E-state index contributed by atoms with van der Waals surface area (Å²) in [5.74, 6) is 0.474. The Kier molecular flexibility index (Phi) is 13.2. The van der Waals surface area contributed by atoms with Crippen molar-refractivity contribution in [1.29, 1.82) is 0 Å². The van der Waals surface area contributed by atoms with Gasteiger partial charge in [-0.25, -0.2) is 0 Å². The van der Waals surface area contributed by atoms with Crippen molar-refractivity contribution in [2.75, 3.05) is 0 Å². The highest BCUT2D eigenvalue weighted by Crippen LogP contribution is 2.22. The first-order valence-corrected chi connectivity index (χ1v) is 9.50. The monoisotopic (exact) mass is 330 g/mol. The standard InChI is InChI=1S/C23H38O/c1-6-7-8-9-10-11-12-13-14-15-16-17-18-19-20-21(2)22(24)23(3,4)5/h6-7,10-11,14-15,18-19,21H,8-9,12-13,16-17,20H2,1-5H3. The van der Waals surface area contributed by atoms with Crippen LogP contribution in [0.3, 0.4) is 0 Å². The van der Waals surface area contributed by atoms with Crippen LogP contribution in [-0.2, 0) is 4.79 Å². The van der Waals surface area contributed by atoms with Crippen LogP contribution in [0, 0.1) is 11.3 Å². The highest BCUT2D eigenvalue weighted by atomic mass is 16.1. The predicted octanol–water partition coefficient (Wildman–Crippen LogP) is 7.21. The molecule has 0 rings (SSSR count). The zero-order valence-corrected chi connectivity index (χ0v) is 16.6. The van der Waals surface area contributed by atoms with Crippen LogP contribution in [0.25, 0.3) is 0 Å². The molecule has 1 heteroatoms. The van der Waals surface area contributed by atoms with Crippen molar-refractivity contribution in [2.24, 2.45) is 11.3 Å². The number of ketones is 1. The maximum absolute atomic E-state index is 12.1. The fourth-order valence-electron chi connectivity index (χ4n) is 2.48. The fraction of sp³-hybridized carbons (Fsp3) is 0.609. The number of rotatable bonds is 12. The first-order valence-electron chi connectivity index (χ1n) is 9.50. The van der Waals surface area contributed by atoms with E-state index in [1.807, 2.05) is 27.7 Å². The van der Waals surface area contributed by atoms with Crippen molar-refractivity contribution in [1.82, 2.24) is 0 Å². The summed E-state index contributed by atoms with van der Waals surface area (Å²) in [5.41, 5.74) is -0.225. The lowest BCUT2D eigenvalue weighted by Crippen LogP contribution is -2.26. The molecule has 0 amide bonds. The molecule has 0 aliphatic rings. The summed E-state index contributed by atoms with van der Waals surface area (Å²) in [6, 6.07) is 0. The summed E-state index contributed by atoms with van der Waals surface area (Å²) < 4.78 is 0. The Morgan fingerprint density at radius 2 is 1.12 bits per heavy atom. The van der Waals surface area contributed by atoms with Gasteiger partial charge in [0.15, 0.2) is 0 Å². The minimum absolute atomic E-state index is 0.122. The van der Waals surface area contributed by atoms with Crippen molar-refractivity contribution in [2.45, 2.75) is 79.6 Å². The van der Waals surface area contributed by atoms with E-state index in [1.54, 1.807) is 0 Å². The van der Waals surface area contributed by atoms with Crippen LogP contribution in [0.15, 0.2) is 48.6 Å². The number of carbonyl (C=O) groups excluding carboxylic acids is 1. The topological polar surface area (TPSA) is 17.1 Å². The van der Waals surface area contributed by atoms with E-state index in [-0.39, 0.29) is 11.3 Å². The molecule has 1 nitrogen and oxygen atoms in total. The summed E-state index contributed by atoms with van der Waals surface area (Å²) in [5, 5.41) is 0. The molecule has 0 radical (unpaired) electrons. The van der Waals surface area contributed by atoms with E-state index in [0.717, 1.165) is 44.9 Å². The summed E-state index contributed by atoms with van der Waals surface area (Å²) >= 11 is 0. The van der Waals surface area contributed by atoms with Gasteiger partial charge in [-0.3, -0.25) is 4.79 Å². The average molecular weight is 331 g/mol. The molecule has 0 bridgehead atoms. The Balaban J connectivity index is 3.66. The maximum atomic E-state index is 12.1. The number of hydrogen-bond donors (Lipinski definition) is 0. The van der Waals surface area contributed by atoms with Crippen molar-refractivity contribution in [3.8, 4) is 0 Å². The highest BCUT2D eigenvalue weighted by molar-refractivity contribution is 5.85. The quantitative estimate of drug-likeness (QED) is 0.273. The van der Waals surface area contributed by atoms with E-state index < -0.39 is 0 Å². The van der Waals surface area contributed by atoms with Crippen molar-refractivity contribution < 1.29 is 4.79 Å². The second-order valence-electron chi connectivity index (χ2n) is 7.47. The molecule has 0 aromatic heterocycles. The summed E-state index contributed by atoms with van der Waals surface area (Å²) in [6.45, 7) is 10.1. The van der Waals surface area contributed by atoms with Gasteiger partial charge in [0.2, 0.25) is 0 Å². The molecule has 24 heavy (non-hydrogen) atoms. The van der Waals surface area contributed by atoms with Crippen LogP contribution in [0.4, 0.5) is 0 Å². The van der Waals surface area contributed by atoms with Crippen LogP contribution < -0.4 is 0 Å². The van der Waals surface area contributed by atoms with E-state index >= 15 is 0 Å². The smallest absolute Gasteiger partial charge is 0.141 e. The van der Waals surface area contributed by atoms with Gasteiger partial charge in [0.05, 0.1) is 0 Å². The van der Waals surface area contributed by atoms with Gasteiger partial charge in [0.25, 0.3) is 0 Å². The number of allylic oxidation sites excluding steroid dienone is 8. The van der Waals surface area contributed by atoms with Crippen molar-refractivity contribution >= 4 is 5.78 Å². The van der Waals surface area contributed by atoms with Gasteiger partial charge >= 0.3 is 0 Å². The second kappa shape index (κ2) is 14.0. The van der Waals surface area contributed by atoms with Crippen LogP contribution in [0.2, 0.25) is 0 Å². The Morgan fingerprint density at radius 3 is 1.50 bits per heavy atom. The molecule has 0 fully saturated rings. The molecular formula is C23H38O. The molecule has 0 saturated heterocycles. The summed E-state index contributed by atoms with van der Waals surface area (Å²) in [4.78, 5) is 12.1. The molecule has 1 unspecified atom stereocenters. The highest BCUT2D eigenvalue weighted by Gasteiger charge is 2.25. The molecule has 0 N–H and O–H groups in total. The zero-order chi connectivity index (χ0) is 18.3. The number of hydrogen-bond acceptors (Lipinski definition) is 1. The van der Waals surface area contributed by atoms with Gasteiger partial charge in [-0.05, 0) is 51.9 Å². The predicted molar refractivity (Wildman–Crippen MR) is 108 cm³/mol. The van der Waals surface area contributed by atoms with Crippen LogP contribution >= 0.6 is 0 Å². The molecular weight excluding hydrogens is 292 g/mol. The molecule has 0 saturated carbocycles. The third-order valence-electron chi connectivity index (χ3n) is 3.91. The van der Waals surface area contributed by atoms with Gasteiger partial charge in [-0.2, -0.15) is 0 Å². The average Bonchev–Trinajstić information content (AvgIpc) is 2.53. The number of carbonyl (C=O) groups is 1. The Morgan fingerprint density at radius 1 is 0.750 bits per heavy atom. The van der Waals surface area contributed by atoms with Gasteiger partial charge in [0.1, 0.15) is 5.78 Å². The van der Waals surface area contributed by atoms with Gasteiger partial charge < -0.3 is 0 Å². The second-order valence-corrected chi connectivity index (χ2v) is 7.47. The fourth-order valence-corrected chi connectivity index (χ4v) is 2.48. The minimum Gasteiger partial charge on any atom is -0.299 e. The largest absolute Gasteiger partial charge is 0.299 e. The third-order valence-corrected chi connectivity index (χ3v) is 3.91. The SMILES string of the molecule is CC=CCCC=CCCC=CCCC=CCC(C)C(=O)C(C)(C)C. The minimum atomic E-state index is -0.225. The van der Waals surface area contributed by atoms with E-state index in [0.29, 0.717) is 5.78 Å². The molecule has 0 aliphatic carbocycles. The van der Waals surface area contributed by atoms with Crippen LogP contribution in [0.1, 0.15) is 79.6 Å². The lowest BCUT2D eigenvalue weighted by Gasteiger charge is -2.20. The van der Waals surface area contributed by atoms with Crippen molar-refractivity contribution in [3.05, 3.63) is 48.6 Å². The Labute approximate surface area is 150 Å². The molecule has 0 spiro atoms. The van der Waals surface area contributed by atoms with E-state index in [2.05, 4.69) is 55.5 Å². The van der Waals surface area contributed by atoms with E-state index in [1.165, 1.54) is 0 Å². The molecule has 0 aliphatic heterocycles. The molecule has 1 atom stereocenters. The Hall–Kier alpha value is -1.37. The zero-order valence-electron chi connectivity index (χ0n) is 16.6. The van der Waals surface area contributed by atoms with Gasteiger partial charge in [0, 0.05) is 11.3 Å². The molecule has 0 aromatic carbocycles. The van der Waals surface area contributed by atoms with Crippen molar-refractivity contribution in [3.63, 3.8) is 0 Å². The normalized spacial score (nSPS) is 14.5. The molecule has 0 heterocycles. The molecule has 136 valence electrons. The summed E-state index contributed by atoms with van der Waals surface area (Å²) in [6.07, 6.45) is 25.3. The first kappa shape index (κ1) is 22.6. The van der Waals surface area contributed by atoms with Gasteiger partial charge in [-0.15, -0.1) is 0 Å². The van der Waals surface area contributed by atoms with Crippen LogP contribution in [-0.4, -0.2) is 5.78 Å². The Bertz CT molecular complexity index is 429. The number of Topliss-reactive ketones (excluding diaryl/α,β-unsaturated/α-hetero) is 1. The number of unbranched alkanes of at least 4 members (excludes halogenated alkanes) is 3. The molecule has 0 aromatic rings. The lowest BCUT2D eigenvalue weighted by atomic mass is 9.82. The van der Waals surface area contributed by atoms with E-state index in [4.69, 9.17) is 0 Å². The maximum Gasteiger partial charge on any atom is 0.141 e.